The van der Waals surface area contributed by atoms with Crippen LogP contribution in [0, 0.1) is 0 Å². The number of benzene rings is 1. The zero-order chi connectivity index (χ0) is 11.5. The van der Waals surface area contributed by atoms with Gasteiger partial charge in [-0.2, -0.15) is 0 Å². The molecule has 0 radical (unpaired) electrons. The highest BCUT2D eigenvalue weighted by molar-refractivity contribution is 6.05. The molecule has 1 aliphatic heterocycles. The summed E-state index contributed by atoms with van der Waals surface area (Å²) in [6.07, 6.45) is 0.0517. The number of hydrogen-bond acceptors (Lipinski definition) is 3. The summed E-state index contributed by atoms with van der Waals surface area (Å²) in [6, 6.07) is 7.49. The van der Waals surface area contributed by atoms with E-state index in [1.54, 1.807) is 12.0 Å². The van der Waals surface area contributed by atoms with E-state index < -0.39 is 0 Å². The molecule has 1 heterocycles. The molecule has 1 aliphatic rings. The maximum Gasteiger partial charge on any atom is 0.230 e. The van der Waals surface area contributed by atoms with Crippen molar-refractivity contribution in [2.45, 2.75) is 13.0 Å². The van der Waals surface area contributed by atoms with E-state index in [1.165, 1.54) is 0 Å². The number of rotatable bonds is 3. The van der Waals surface area contributed by atoms with Gasteiger partial charge in [-0.1, -0.05) is 12.1 Å². The van der Waals surface area contributed by atoms with Gasteiger partial charge in [0.05, 0.1) is 20.1 Å². The zero-order valence-corrected chi connectivity index (χ0v) is 9.10. The van der Waals surface area contributed by atoms with Crippen LogP contribution < -0.4 is 4.74 Å². The van der Waals surface area contributed by atoms with Gasteiger partial charge in [-0.25, -0.2) is 0 Å². The summed E-state index contributed by atoms with van der Waals surface area (Å²) in [5.74, 6) is 0.701. The molecule has 1 aromatic carbocycles. The first kappa shape index (κ1) is 10.7. The average Bonchev–Trinajstić information content (AvgIpc) is 2.59. The third kappa shape index (κ3) is 2.21. The molecule has 0 atom stereocenters. The Morgan fingerprint density at radius 3 is 2.44 bits per heavy atom. The molecule has 0 aromatic heterocycles. The molecule has 1 saturated heterocycles. The van der Waals surface area contributed by atoms with Gasteiger partial charge < -0.3 is 9.64 Å². The van der Waals surface area contributed by atoms with Gasteiger partial charge in [-0.15, -0.1) is 0 Å². The molecule has 0 aliphatic carbocycles. The number of hydrogen-bond donors (Lipinski definition) is 0. The van der Waals surface area contributed by atoms with Crippen LogP contribution in [-0.4, -0.2) is 30.2 Å². The maximum atomic E-state index is 11.4. The topological polar surface area (TPSA) is 46.6 Å². The van der Waals surface area contributed by atoms with E-state index in [4.69, 9.17) is 4.74 Å². The van der Waals surface area contributed by atoms with Crippen molar-refractivity contribution in [3.05, 3.63) is 29.8 Å². The Morgan fingerprint density at radius 1 is 1.25 bits per heavy atom. The molecule has 0 saturated carbocycles. The minimum absolute atomic E-state index is 0.00138. The van der Waals surface area contributed by atoms with Crippen molar-refractivity contribution in [1.82, 2.24) is 4.90 Å². The quantitative estimate of drug-likeness (QED) is 0.712. The van der Waals surface area contributed by atoms with Crippen molar-refractivity contribution < 1.29 is 14.3 Å². The fourth-order valence-corrected chi connectivity index (χ4v) is 1.73. The lowest BCUT2D eigenvalue weighted by molar-refractivity contribution is -0.128. The van der Waals surface area contributed by atoms with Crippen LogP contribution in [0.4, 0.5) is 0 Å². The van der Waals surface area contributed by atoms with Gasteiger partial charge >= 0.3 is 0 Å². The van der Waals surface area contributed by atoms with Gasteiger partial charge in [0, 0.05) is 6.54 Å². The van der Waals surface area contributed by atoms with Crippen molar-refractivity contribution in [3.8, 4) is 5.75 Å². The Morgan fingerprint density at radius 2 is 1.94 bits per heavy atom. The molecular formula is C12H13NO3. The van der Waals surface area contributed by atoms with Crippen molar-refractivity contribution in [3.63, 3.8) is 0 Å². The molecule has 4 nitrogen and oxygen atoms in total. The summed E-state index contributed by atoms with van der Waals surface area (Å²) in [4.78, 5) is 24.0. The summed E-state index contributed by atoms with van der Waals surface area (Å²) >= 11 is 0. The lowest BCUT2D eigenvalue weighted by atomic mass is 10.2. The number of methoxy groups -OCH3 is 1. The van der Waals surface area contributed by atoms with Crippen LogP contribution in [0.2, 0.25) is 0 Å². The molecule has 2 rings (SSSR count). The first-order chi connectivity index (χ1) is 7.69. The van der Waals surface area contributed by atoms with E-state index in [0.717, 1.165) is 11.3 Å². The van der Waals surface area contributed by atoms with Crippen LogP contribution in [-0.2, 0) is 16.1 Å². The molecule has 1 fully saturated rings. The highest BCUT2D eigenvalue weighted by Gasteiger charge is 2.26. The van der Waals surface area contributed by atoms with Crippen molar-refractivity contribution in [1.29, 1.82) is 0 Å². The SMILES string of the molecule is COc1ccc(CN2CC(=O)CC2=O)cc1. The highest BCUT2D eigenvalue weighted by atomic mass is 16.5. The van der Waals surface area contributed by atoms with Crippen molar-refractivity contribution in [2.24, 2.45) is 0 Å². The van der Waals surface area contributed by atoms with Crippen molar-refractivity contribution in [2.75, 3.05) is 13.7 Å². The standard InChI is InChI=1S/C12H13NO3/c1-16-11-4-2-9(3-5-11)7-13-8-10(14)6-12(13)15/h2-5H,6-8H2,1H3. The summed E-state index contributed by atoms with van der Waals surface area (Å²) < 4.78 is 5.04. The summed E-state index contributed by atoms with van der Waals surface area (Å²) in [7, 11) is 1.61. The molecule has 0 bridgehead atoms. The number of ether oxygens (including phenoxy) is 1. The van der Waals surface area contributed by atoms with Crippen LogP contribution in [0.25, 0.3) is 0 Å². The number of Topliss-reactive ketones (excluding diaryl/α,β-unsaturated/α-hetero) is 1. The Bertz CT molecular complexity index is 411. The fourth-order valence-electron chi connectivity index (χ4n) is 1.73. The molecule has 4 heteroatoms. The molecule has 0 N–H and O–H groups in total. The van der Waals surface area contributed by atoms with E-state index in [0.29, 0.717) is 6.54 Å². The summed E-state index contributed by atoms with van der Waals surface area (Å²) in [5.41, 5.74) is 1.00. The fraction of sp³-hybridized carbons (Fsp3) is 0.333. The highest BCUT2D eigenvalue weighted by Crippen LogP contribution is 2.15. The first-order valence-electron chi connectivity index (χ1n) is 5.11. The molecule has 0 spiro atoms. The normalized spacial score (nSPS) is 15.7. The van der Waals surface area contributed by atoms with E-state index >= 15 is 0 Å². The third-order valence-corrected chi connectivity index (χ3v) is 2.60. The van der Waals surface area contributed by atoms with Gasteiger partial charge in [0.1, 0.15) is 5.75 Å². The van der Waals surface area contributed by atoms with Crippen LogP contribution in [0.3, 0.4) is 0 Å². The van der Waals surface area contributed by atoms with Gasteiger partial charge in [0.2, 0.25) is 5.91 Å². The smallest absolute Gasteiger partial charge is 0.230 e. The number of nitrogens with zero attached hydrogens (tertiary/aromatic N) is 1. The molecule has 84 valence electrons. The largest absolute Gasteiger partial charge is 0.497 e. The van der Waals surface area contributed by atoms with Crippen molar-refractivity contribution >= 4 is 11.7 Å². The summed E-state index contributed by atoms with van der Waals surface area (Å²) in [5, 5.41) is 0. The second-order valence-corrected chi connectivity index (χ2v) is 3.81. The second kappa shape index (κ2) is 4.35. The predicted octanol–water partition coefficient (Wildman–Crippen LogP) is 0.997. The number of likely N-dealkylation sites (tertiary alicyclic amines) is 1. The van der Waals surface area contributed by atoms with E-state index in [2.05, 4.69) is 0 Å². The number of carbonyl (C=O) groups is 2. The predicted molar refractivity (Wildman–Crippen MR) is 58.0 cm³/mol. The minimum Gasteiger partial charge on any atom is -0.497 e. The number of amides is 1. The third-order valence-electron chi connectivity index (χ3n) is 2.60. The lowest BCUT2D eigenvalue weighted by Crippen LogP contribution is -2.24. The molecule has 16 heavy (non-hydrogen) atoms. The monoisotopic (exact) mass is 219 g/mol. The van der Waals surface area contributed by atoms with E-state index in [-0.39, 0.29) is 24.7 Å². The van der Waals surface area contributed by atoms with Gasteiger partial charge in [-0.3, -0.25) is 9.59 Å². The average molecular weight is 219 g/mol. The Kier molecular flexibility index (Phi) is 2.90. The molecule has 1 aromatic rings. The summed E-state index contributed by atoms with van der Waals surface area (Å²) in [6.45, 7) is 0.736. The Labute approximate surface area is 93.8 Å². The minimum atomic E-state index is -0.0826. The van der Waals surface area contributed by atoms with Crippen LogP contribution in [0.1, 0.15) is 12.0 Å². The maximum absolute atomic E-state index is 11.4. The van der Waals surface area contributed by atoms with Gasteiger partial charge in [0.15, 0.2) is 5.78 Å². The number of carbonyl (C=O) groups excluding carboxylic acids is 2. The second-order valence-electron chi connectivity index (χ2n) is 3.81. The zero-order valence-electron chi connectivity index (χ0n) is 9.10. The number of ketones is 1. The van der Waals surface area contributed by atoms with Crippen LogP contribution >= 0.6 is 0 Å². The molecule has 1 amide bonds. The van der Waals surface area contributed by atoms with Gasteiger partial charge in [-0.05, 0) is 17.7 Å². The van der Waals surface area contributed by atoms with E-state index in [1.807, 2.05) is 24.3 Å². The van der Waals surface area contributed by atoms with Gasteiger partial charge in [0.25, 0.3) is 0 Å². The first-order valence-corrected chi connectivity index (χ1v) is 5.11. The van der Waals surface area contributed by atoms with Crippen LogP contribution in [0.5, 0.6) is 5.75 Å². The van der Waals surface area contributed by atoms with E-state index in [9.17, 15) is 9.59 Å². The molecule has 0 unspecified atom stereocenters. The molecular weight excluding hydrogens is 206 g/mol. The Hall–Kier alpha value is -1.84. The lowest BCUT2D eigenvalue weighted by Gasteiger charge is -2.14. The van der Waals surface area contributed by atoms with Crippen LogP contribution in [0.15, 0.2) is 24.3 Å². The Balaban J connectivity index is 2.03.